The van der Waals surface area contributed by atoms with E-state index in [2.05, 4.69) is 36.6 Å². The number of carbonyl (C=O) groups is 1. The average molecular weight is 255 g/mol. The van der Waals surface area contributed by atoms with Gasteiger partial charge >= 0.3 is 0 Å². The van der Waals surface area contributed by atoms with Gasteiger partial charge in [-0.05, 0) is 36.5 Å². The zero-order chi connectivity index (χ0) is 13.7. The Kier molecular flexibility index (Phi) is 4.56. The van der Waals surface area contributed by atoms with Gasteiger partial charge in [-0.15, -0.1) is 0 Å². The number of rotatable bonds is 6. The molecule has 1 aromatic carbocycles. The van der Waals surface area contributed by atoms with E-state index in [-0.39, 0.29) is 0 Å². The highest BCUT2D eigenvalue weighted by Crippen LogP contribution is 2.15. The van der Waals surface area contributed by atoms with Crippen molar-refractivity contribution < 1.29 is 4.79 Å². The molecule has 2 nitrogen and oxygen atoms in total. The second-order valence-electron chi connectivity index (χ2n) is 5.37. The molecule has 0 N–H and O–H groups in total. The molecule has 19 heavy (non-hydrogen) atoms. The first-order valence-electron chi connectivity index (χ1n) is 6.88. The van der Waals surface area contributed by atoms with E-state index in [9.17, 15) is 4.79 Å². The van der Waals surface area contributed by atoms with Crippen LogP contribution in [0.25, 0.3) is 0 Å². The molecule has 1 aromatic heterocycles. The minimum atomic E-state index is 0.680. The van der Waals surface area contributed by atoms with Crippen LogP contribution in [-0.2, 0) is 13.0 Å². The number of carbonyl (C=O) groups excluding carboxylic acids is 1. The summed E-state index contributed by atoms with van der Waals surface area (Å²) in [4.78, 5) is 11.1. The van der Waals surface area contributed by atoms with Crippen molar-refractivity contribution in [3.63, 3.8) is 0 Å². The molecule has 100 valence electrons. The van der Waals surface area contributed by atoms with Gasteiger partial charge in [-0.1, -0.05) is 44.2 Å². The lowest BCUT2D eigenvalue weighted by molar-refractivity contribution is 0.111. The Balaban J connectivity index is 2.21. The van der Waals surface area contributed by atoms with E-state index in [1.807, 2.05) is 24.3 Å². The monoisotopic (exact) mass is 255 g/mol. The summed E-state index contributed by atoms with van der Waals surface area (Å²) in [6.07, 6.45) is 3.12. The second-order valence-corrected chi connectivity index (χ2v) is 5.37. The van der Waals surface area contributed by atoms with Crippen molar-refractivity contribution in [2.75, 3.05) is 0 Å². The average Bonchev–Trinajstić information content (AvgIpc) is 2.80. The predicted octanol–water partition coefficient (Wildman–Crippen LogP) is 3.94. The van der Waals surface area contributed by atoms with Gasteiger partial charge in [0.25, 0.3) is 0 Å². The summed E-state index contributed by atoms with van der Waals surface area (Å²) in [5.74, 6) is 0.680. The number of aryl methyl sites for hydroxylation is 1. The molecule has 0 amide bonds. The number of hydrogen-bond donors (Lipinski definition) is 0. The van der Waals surface area contributed by atoms with Gasteiger partial charge in [-0.25, -0.2) is 0 Å². The van der Waals surface area contributed by atoms with E-state index in [0.29, 0.717) is 5.92 Å². The molecule has 0 atom stereocenters. The van der Waals surface area contributed by atoms with Crippen molar-refractivity contribution in [1.29, 1.82) is 0 Å². The summed E-state index contributed by atoms with van der Waals surface area (Å²) in [6, 6.07) is 14.3. The van der Waals surface area contributed by atoms with Crippen molar-refractivity contribution >= 4 is 6.29 Å². The molecule has 2 rings (SSSR count). The van der Waals surface area contributed by atoms with E-state index in [4.69, 9.17) is 0 Å². The Labute approximate surface area is 115 Å². The molecular weight excluding hydrogens is 234 g/mol. The van der Waals surface area contributed by atoms with Crippen molar-refractivity contribution in [1.82, 2.24) is 4.57 Å². The molecule has 0 aliphatic heterocycles. The van der Waals surface area contributed by atoms with Crippen LogP contribution in [0.2, 0.25) is 0 Å². The quantitative estimate of drug-likeness (QED) is 0.717. The Morgan fingerprint density at radius 1 is 1.11 bits per heavy atom. The summed E-state index contributed by atoms with van der Waals surface area (Å²) >= 11 is 0. The number of benzene rings is 1. The molecule has 1 heterocycles. The third kappa shape index (κ3) is 3.57. The Morgan fingerprint density at radius 2 is 1.84 bits per heavy atom. The first-order chi connectivity index (χ1) is 9.20. The Bertz CT molecular complexity index is 525. The molecule has 2 aromatic rings. The van der Waals surface area contributed by atoms with Crippen molar-refractivity contribution in [2.45, 2.75) is 33.2 Å². The molecule has 0 fully saturated rings. The first kappa shape index (κ1) is 13.6. The second kappa shape index (κ2) is 6.37. The van der Waals surface area contributed by atoms with Crippen molar-refractivity contribution in [3.8, 4) is 0 Å². The fraction of sp³-hybridized carbons (Fsp3) is 0.353. The van der Waals surface area contributed by atoms with Crippen LogP contribution in [-0.4, -0.2) is 10.9 Å². The van der Waals surface area contributed by atoms with Gasteiger partial charge < -0.3 is 4.57 Å². The summed E-state index contributed by atoms with van der Waals surface area (Å²) in [7, 11) is 0. The van der Waals surface area contributed by atoms with Crippen LogP contribution in [0.1, 0.15) is 42.0 Å². The maximum Gasteiger partial charge on any atom is 0.166 e. The van der Waals surface area contributed by atoms with Gasteiger partial charge in [0.15, 0.2) is 6.29 Å². The molecular formula is C17H21NO. The van der Waals surface area contributed by atoms with Crippen LogP contribution in [0.4, 0.5) is 0 Å². The molecule has 0 aliphatic rings. The molecule has 0 radical (unpaired) electrons. The number of aromatic nitrogens is 1. The summed E-state index contributed by atoms with van der Waals surface area (Å²) in [5, 5.41) is 0. The zero-order valence-corrected chi connectivity index (χ0v) is 11.7. The highest BCUT2D eigenvalue weighted by Gasteiger charge is 2.08. The predicted molar refractivity (Wildman–Crippen MR) is 78.5 cm³/mol. The third-order valence-corrected chi connectivity index (χ3v) is 3.39. The lowest BCUT2D eigenvalue weighted by atomic mass is 10.1. The number of nitrogens with zero attached hydrogens (tertiary/aromatic N) is 1. The smallest absolute Gasteiger partial charge is 0.166 e. The van der Waals surface area contributed by atoms with Crippen molar-refractivity contribution in [2.24, 2.45) is 5.92 Å². The summed E-state index contributed by atoms with van der Waals surface area (Å²) in [6.45, 7) is 5.23. The van der Waals surface area contributed by atoms with Gasteiger partial charge in [0.1, 0.15) is 0 Å². The lowest BCUT2D eigenvalue weighted by Gasteiger charge is -2.12. The van der Waals surface area contributed by atoms with E-state index in [0.717, 1.165) is 31.4 Å². The maximum atomic E-state index is 11.1. The topological polar surface area (TPSA) is 22.0 Å². The largest absolute Gasteiger partial charge is 0.338 e. The van der Waals surface area contributed by atoms with Gasteiger partial charge in [0.05, 0.1) is 5.69 Å². The minimum absolute atomic E-state index is 0.680. The number of aldehydes is 1. The number of hydrogen-bond acceptors (Lipinski definition) is 1. The normalized spacial score (nSPS) is 10.9. The van der Waals surface area contributed by atoms with Gasteiger partial charge in [-0.2, -0.15) is 0 Å². The molecule has 0 saturated heterocycles. The SMILES string of the molecule is CC(C)CCc1ccc(C=O)n1Cc1ccccc1. The highest BCUT2D eigenvalue weighted by atomic mass is 16.1. The van der Waals surface area contributed by atoms with Crippen LogP contribution in [0.5, 0.6) is 0 Å². The molecule has 0 spiro atoms. The van der Waals surface area contributed by atoms with E-state index >= 15 is 0 Å². The molecule has 0 unspecified atom stereocenters. The van der Waals surface area contributed by atoms with Crippen LogP contribution in [0.3, 0.4) is 0 Å². The molecule has 0 saturated carbocycles. The zero-order valence-electron chi connectivity index (χ0n) is 11.7. The lowest BCUT2D eigenvalue weighted by Crippen LogP contribution is -2.08. The van der Waals surface area contributed by atoms with Crippen LogP contribution in [0.15, 0.2) is 42.5 Å². The molecule has 0 bridgehead atoms. The van der Waals surface area contributed by atoms with Crippen LogP contribution in [0, 0.1) is 5.92 Å². The van der Waals surface area contributed by atoms with Crippen LogP contribution >= 0.6 is 0 Å². The highest BCUT2D eigenvalue weighted by molar-refractivity contribution is 5.72. The minimum Gasteiger partial charge on any atom is -0.338 e. The van der Waals surface area contributed by atoms with Crippen molar-refractivity contribution in [3.05, 3.63) is 59.4 Å². The fourth-order valence-electron chi connectivity index (χ4n) is 2.24. The van der Waals surface area contributed by atoms with E-state index in [1.165, 1.54) is 11.3 Å². The van der Waals surface area contributed by atoms with Crippen LogP contribution < -0.4 is 0 Å². The molecule has 0 aliphatic carbocycles. The summed E-state index contributed by atoms with van der Waals surface area (Å²) < 4.78 is 2.13. The Hall–Kier alpha value is -1.83. The van der Waals surface area contributed by atoms with Gasteiger partial charge in [-0.3, -0.25) is 4.79 Å². The summed E-state index contributed by atoms with van der Waals surface area (Å²) in [5.41, 5.74) is 3.25. The molecule has 2 heteroatoms. The first-order valence-corrected chi connectivity index (χ1v) is 6.88. The van der Waals surface area contributed by atoms with E-state index in [1.54, 1.807) is 0 Å². The maximum absolute atomic E-state index is 11.1. The Morgan fingerprint density at radius 3 is 2.47 bits per heavy atom. The van der Waals surface area contributed by atoms with Gasteiger partial charge in [0, 0.05) is 12.2 Å². The van der Waals surface area contributed by atoms with E-state index < -0.39 is 0 Å². The fourth-order valence-corrected chi connectivity index (χ4v) is 2.24. The van der Waals surface area contributed by atoms with Gasteiger partial charge in [0.2, 0.25) is 0 Å². The standard InChI is InChI=1S/C17H21NO/c1-14(2)8-9-16-10-11-17(13-19)18(16)12-15-6-4-3-5-7-15/h3-7,10-11,13-14H,8-9,12H2,1-2H3. The third-order valence-electron chi connectivity index (χ3n) is 3.39.